The largest absolute Gasteiger partial charge is 0.368 e. The van der Waals surface area contributed by atoms with Crippen LogP contribution in [-0.2, 0) is 20.4 Å². The van der Waals surface area contributed by atoms with Crippen molar-refractivity contribution in [2.24, 2.45) is 0 Å². The van der Waals surface area contributed by atoms with E-state index in [4.69, 9.17) is 27.9 Å². The second-order valence-electron chi connectivity index (χ2n) is 5.06. The smallest absolute Gasteiger partial charge is 0.208 e. The first-order chi connectivity index (χ1) is 9.82. The molecule has 0 spiro atoms. The van der Waals surface area contributed by atoms with Crippen molar-refractivity contribution >= 4 is 45.6 Å². The fourth-order valence-electron chi connectivity index (χ4n) is 2.30. The standard InChI is InChI=1S/C13H18Cl2N2O3S.ClH/c1-21(18,19)17-9-13(4-5-16-6-7-20-13)10-2-3-11(14)12(15)8-10;/h2-3,8,16-17H,4-7,9H2,1H3;1H/t13-;/m0./s1. The molecule has 1 saturated heterocycles. The Morgan fingerprint density at radius 1 is 1.32 bits per heavy atom. The molecule has 1 aliphatic rings. The van der Waals surface area contributed by atoms with Gasteiger partial charge in [-0.2, -0.15) is 0 Å². The number of ether oxygens (including phenoxy) is 1. The van der Waals surface area contributed by atoms with Crippen LogP contribution in [0.3, 0.4) is 0 Å². The second-order valence-corrected chi connectivity index (χ2v) is 7.71. The zero-order chi connectivity index (χ0) is 15.5. The van der Waals surface area contributed by atoms with Gasteiger partial charge in [-0.15, -0.1) is 12.4 Å². The molecule has 1 aliphatic heterocycles. The lowest BCUT2D eigenvalue weighted by Gasteiger charge is -2.33. The minimum absolute atomic E-state index is 0. The molecule has 0 bridgehead atoms. The molecule has 1 aromatic carbocycles. The molecule has 1 aromatic rings. The van der Waals surface area contributed by atoms with Gasteiger partial charge in [-0.05, 0) is 30.7 Å². The van der Waals surface area contributed by atoms with Gasteiger partial charge >= 0.3 is 0 Å². The summed E-state index contributed by atoms with van der Waals surface area (Å²) in [7, 11) is -3.31. The predicted octanol–water partition coefficient (Wildman–Crippen LogP) is 2.17. The van der Waals surface area contributed by atoms with Crippen molar-refractivity contribution in [3.05, 3.63) is 33.8 Å². The van der Waals surface area contributed by atoms with Crippen LogP contribution < -0.4 is 10.0 Å². The summed E-state index contributed by atoms with van der Waals surface area (Å²) < 4.78 is 31.4. The number of benzene rings is 1. The lowest BCUT2D eigenvalue weighted by molar-refractivity contribution is -0.0381. The molecule has 126 valence electrons. The van der Waals surface area contributed by atoms with Gasteiger partial charge < -0.3 is 10.1 Å². The molecule has 2 rings (SSSR count). The Bertz CT molecular complexity index is 603. The van der Waals surface area contributed by atoms with E-state index < -0.39 is 15.6 Å². The molecule has 5 nitrogen and oxygen atoms in total. The minimum Gasteiger partial charge on any atom is -0.368 e. The molecular weight excluding hydrogens is 371 g/mol. The maximum atomic E-state index is 11.4. The van der Waals surface area contributed by atoms with Gasteiger partial charge in [0.25, 0.3) is 0 Å². The average Bonchev–Trinajstić information content (AvgIpc) is 2.65. The van der Waals surface area contributed by atoms with Crippen LogP contribution in [0.1, 0.15) is 12.0 Å². The summed E-state index contributed by atoms with van der Waals surface area (Å²) >= 11 is 12.0. The highest BCUT2D eigenvalue weighted by Gasteiger charge is 2.35. The van der Waals surface area contributed by atoms with Gasteiger partial charge in [-0.1, -0.05) is 29.3 Å². The van der Waals surface area contributed by atoms with Crippen LogP contribution in [0.15, 0.2) is 18.2 Å². The molecule has 1 atom stereocenters. The zero-order valence-electron chi connectivity index (χ0n) is 12.1. The van der Waals surface area contributed by atoms with Gasteiger partial charge in [-0.25, -0.2) is 13.1 Å². The van der Waals surface area contributed by atoms with Crippen LogP contribution in [0, 0.1) is 0 Å². The predicted molar refractivity (Wildman–Crippen MR) is 91.7 cm³/mol. The third kappa shape index (κ3) is 5.23. The van der Waals surface area contributed by atoms with E-state index in [1.807, 2.05) is 6.07 Å². The number of nitrogens with one attached hydrogen (secondary N) is 2. The second kappa shape index (κ2) is 8.15. The molecule has 9 heteroatoms. The van der Waals surface area contributed by atoms with Crippen molar-refractivity contribution in [1.82, 2.24) is 10.0 Å². The quantitative estimate of drug-likeness (QED) is 0.828. The van der Waals surface area contributed by atoms with Crippen LogP contribution >= 0.6 is 35.6 Å². The Morgan fingerprint density at radius 2 is 2.05 bits per heavy atom. The summed E-state index contributed by atoms with van der Waals surface area (Å²) in [5.41, 5.74) is 0.0672. The summed E-state index contributed by atoms with van der Waals surface area (Å²) in [4.78, 5) is 0. The van der Waals surface area contributed by atoms with Gasteiger partial charge in [0.05, 0.1) is 22.9 Å². The fraction of sp³-hybridized carbons (Fsp3) is 0.538. The molecule has 22 heavy (non-hydrogen) atoms. The maximum absolute atomic E-state index is 11.4. The topological polar surface area (TPSA) is 67.4 Å². The Morgan fingerprint density at radius 3 is 2.68 bits per heavy atom. The molecule has 0 amide bonds. The number of hydrogen-bond acceptors (Lipinski definition) is 4. The van der Waals surface area contributed by atoms with E-state index in [9.17, 15) is 8.42 Å². The highest BCUT2D eigenvalue weighted by Crippen LogP contribution is 2.34. The van der Waals surface area contributed by atoms with Crippen LogP contribution in [0.2, 0.25) is 10.0 Å². The molecule has 0 radical (unpaired) electrons. The van der Waals surface area contributed by atoms with Crippen LogP contribution in [0.25, 0.3) is 0 Å². The monoisotopic (exact) mass is 388 g/mol. The van der Waals surface area contributed by atoms with Crippen molar-refractivity contribution in [2.45, 2.75) is 12.0 Å². The van der Waals surface area contributed by atoms with E-state index in [2.05, 4.69) is 10.0 Å². The van der Waals surface area contributed by atoms with Crippen LogP contribution in [0.5, 0.6) is 0 Å². The van der Waals surface area contributed by atoms with E-state index >= 15 is 0 Å². The lowest BCUT2D eigenvalue weighted by Crippen LogP contribution is -2.43. The molecule has 1 heterocycles. The molecular formula is C13H19Cl3N2O3S. The van der Waals surface area contributed by atoms with E-state index in [0.29, 0.717) is 23.1 Å². The van der Waals surface area contributed by atoms with E-state index in [0.717, 1.165) is 24.9 Å². The van der Waals surface area contributed by atoms with E-state index in [1.54, 1.807) is 12.1 Å². The minimum atomic E-state index is -3.31. The molecule has 1 fully saturated rings. The summed E-state index contributed by atoms with van der Waals surface area (Å²) in [6, 6.07) is 5.26. The van der Waals surface area contributed by atoms with Crippen molar-refractivity contribution in [3.63, 3.8) is 0 Å². The van der Waals surface area contributed by atoms with Gasteiger partial charge in [0, 0.05) is 13.1 Å². The first-order valence-corrected chi connectivity index (χ1v) is 9.22. The average molecular weight is 390 g/mol. The van der Waals surface area contributed by atoms with Crippen molar-refractivity contribution < 1.29 is 13.2 Å². The molecule has 0 aromatic heterocycles. The maximum Gasteiger partial charge on any atom is 0.208 e. The normalized spacial score (nSPS) is 22.7. The van der Waals surface area contributed by atoms with Gasteiger partial charge in [0.1, 0.15) is 5.60 Å². The van der Waals surface area contributed by atoms with Crippen molar-refractivity contribution in [1.29, 1.82) is 0 Å². The molecule has 0 saturated carbocycles. The number of halogens is 3. The highest BCUT2D eigenvalue weighted by atomic mass is 35.5. The van der Waals surface area contributed by atoms with Crippen molar-refractivity contribution in [2.75, 3.05) is 32.5 Å². The lowest BCUT2D eigenvalue weighted by atomic mass is 9.90. The van der Waals surface area contributed by atoms with Gasteiger partial charge in [-0.3, -0.25) is 0 Å². The Hall–Kier alpha value is -0.0800. The molecule has 2 N–H and O–H groups in total. The SMILES string of the molecule is CS(=O)(=O)NC[C@]1(c2ccc(Cl)c(Cl)c2)CCNCCO1.Cl. The van der Waals surface area contributed by atoms with E-state index in [1.165, 1.54) is 0 Å². The fourth-order valence-corrected chi connectivity index (χ4v) is 3.10. The van der Waals surface area contributed by atoms with Gasteiger partial charge in [0.2, 0.25) is 10.0 Å². The number of hydrogen-bond donors (Lipinski definition) is 2. The summed E-state index contributed by atoms with van der Waals surface area (Å²) in [5.74, 6) is 0. The Kier molecular flexibility index (Phi) is 7.39. The zero-order valence-corrected chi connectivity index (χ0v) is 15.2. The van der Waals surface area contributed by atoms with E-state index in [-0.39, 0.29) is 19.0 Å². The summed E-state index contributed by atoms with van der Waals surface area (Å²) in [5, 5.41) is 4.12. The first kappa shape index (κ1) is 20.0. The number of sulfonamides is 1. The first-order valence-electron chi connectivity index (χ1n) is 6.57. The van der Waals surface area contributed by atoms with Crippen LogP contribution in [-0.4, -0.2) is 40.9 Å². The third-order valence-electron chi connectivity index (χ3n) is 3.43. The Balaban J connectivity index is 0.00000242. The van der Waals surface area contributed by atoms with Crippen LogP contribution in [0.4, 0.5) is 0 Å². The summed E-state index contributed by atoms with van der Waals surface area (Å²) in [6.45, 7) is 2.10. The van der Waals surface area contributed by atoms with Crippen molar-refractivity contribution in [3.8, 4) is 0 Å². The molecule has 0 unspecified atom stereocenters. The summed E-state index contributed by atoms with van der Waals surface area (Å²) in [6.07, 6.45) is 1.76. The number of rotatable bonds is 4. The third-order valence-corrected chi connectivity index (χ3v) is 4.84. The molecule has 0 aliphatic carbocycles. The highest BCUT2D eigenvalue weighted by molar-refractivity contribution is 7.88. The Labute approximate surface area is 147 Å². The van der Waals surface area contributed by atoms with Gasteiger partial charge in [0.15, 0.2) is 0 Å².